The molecule has 1 N–H and O–H groups in total. The number of thiophene rings is 1. The van der Waals surface area contributed by atoms with Crippen molar-refractivity contribution in [1.82, 2.24) is 9.97 Å². The van der Waals surface area contributed by atoms with E-state index in [0.717, 1.165) is 15.4 Å². The van der Waals surface area contributed by atoms with Crippen molar-refractivity contribution in [3.8, 4) is 0 Å². The van der Waals surface area contributed by atoms with Crippen molar-refractivity contribution >= 4 is 33.8 Å². The van der Waals surface area contributed by atoms with E-state index in [-0.39, 0.29) is 0 Å². The Hall–Kier alpha value is -0.740. The number of hydrogen-bond acceptors (Lipinski definition) is 3. The molecule has 1 aliphatic rings. The predicted octanol–water partition coefficient (Wildman–Crippen LogP) is 3.48. The summed E-state index contributed by atoms with van der Waals surface area (Å²) >= 11 is 7.15. The molecule has 15 heavy (non-hydrogen) atoms. The third-order valence-electron chi connectivity index (χ3n) is 3.10. The zero-order valence-electron chi connectivity index (χ0n) is 8.54. The highest BCUT2D eigenvalue weighted by Gasteiger charge is 2.21. The lowest BCUT2D eigenvalue weighted by Crippen LogP contribution is -2.08. The summed E-state index contributed by atoms with van der Waals surface area (Å²) in [6.45, 7) is 2.32. The summed E-state index contributed by atoms with van der Waals surface area (Å²) in [6, 6.07) is 0. The minimum absolute atomic E-state index is 0.808. The van der Waals surface area contributed by atoms with Crippen LogP contribution in [0.4, 0.5) is 0 Å². The van der Waals surface area contributed by atoms with E-state index >= 15 is 0 Å². The van der Waals surface area contributed by atoms with Crippen LogP contribution in [0.25, 0.3) is 10.2 Å². The van der Waals surface area contributed by atoms with Gasteiger partial charge in [-0.15, -0.1) is 11.3 Å². The van der Waals surface area contributed by atoms with Crippen LogP contribution in [-0.4, -0.2) is 9.97 Å². The van der Waals surface area contributed by atoms with Crippen molar-refractivity contribution in [2.45, 2.75) is 26.2 Å². The molecule has 2 nitrogen and oxygen atoms in total. The van der Waals surface area contributed by atoms with E-state index in [0.29, 0.717) is 0 Å². The van der Waals surface area contributed by atoms with Gasteiger partial charge in [-0.2, -0.15) is 0 Å². The van der Waals surface area contributed by atoms with Gasteiger partial charge in [0.15, 0.2) is 0 Å². The topological polar surface area (TPSA) is 28.7 Å². The Labute approximate surface area is 97.4 Å². The lowest BCUT2D eigenvalue weighted by molar-refractivity contribution is 0.509. The molecule has 2 heterocycles. The van der Waals surface area contributed by atoms with Gasteiger partial charge in [0.1, 0.15) is 9.47 Å². The molecule has 4 heteroatoms. The van der Waals surface area contributed by atoms with Crippen molar-refractivity contribution in [1.29, 1.82) is 0 Å². The molecule has 1 aliphatic carbocycles. The summed E-state index contributed by atoms with van der Waals surface area (Å²) in [5, 5.41) is 1.21. The number of H-pyrrole nitrogens is 1. The Morgan fingerprint density at radius 3 is 3.33 bits per heavy atom. The monoisotopic (exact) mass is 236 g/mol. The fourth-order valence-corrected chi connectivity index (χ4v) is 3.98. The molecule has 0 radical (unpaired) electrons. The van der Waals surface area contributed by atoms with E-state index in [4.69, 9.17) is 12.2 Å². The van der Waals surface area contributed by atoms with Crippen LogP contribution in [0.2, 0.25) is 0 Å². The Morgan fingerprint density at radius 1 is 1.60 bits per heavy atom. The molecule has 0 saturated heterocycles. The van der Waals surface area contributed by atoms with Crippen LogP contribution < -0.4 is 0 Å². The fraction of sp³-hybridized carbons (Fsp3) is 0.455. The van der Waals surface area contributed by atoms with Gasteiger partial charge in [0.2, 0.25) is 0 Å². The molecule has 78 valence electrons. The van der Waals surface area contributed by atoms with Crippen LogP contribution in [0, 0.1) is 10.6 Å². The minimum atomic E-state index is 0.808. The molecule has 2 aromatic rings. The normalized spacial score (nSPS) is 20.5. The Bertz CT molecular complexity index is 567. The highest BCUT2D eigenvalue weighted by Crippen LogP contribution is 2.36. The summed E-state index contributed by atoms with van der Waals surface area (Å²) in [7, 11) is 0. The van der Waals surface area contributed by atoms with Gasteiger partial charge in [0.05, 0.1) is 6.33 Å². The van der Waals surface area contributed by atoms with Gasteiger partial charge in [0, 0.05) is 10.3 Å². The SMILES string of the molecule is CC1CCc2c(sc3nc[nH]c(=S)c23)C1. The molecule has 0 bridgehead atoms. The number of aromatic nitrogens is 2. The largest absolute Gasteiger partial charge is 0.337 e. The average Bonchev–Trinajstić information content (AvgIpc) is 2.56. The number of aromatic amines is 1. The highest BCUT2D eigenvalue weighted by atomic mass is 32.1. The lowest BCUT2D eigenvalue weighted by Gasteiger charge is -2.17. The molecular formula is C11H12N2S2. The Kier molecular flexibility index (Phi) is 2.14. The smallest absolute Gasteiger partial charge is 0.128 e. The van der Waals surface area contributed by atoms with Gasteiger partial charge >= 0.3 is 0 Å². The summed E-state index contributed by atoms with van der Waals surface area (Å²) in [6.07, 6.45) is 5.35. The van der Waals surface area contributed by atoms with E-state index < -0.39 is 0 Å². The first-order valence-electron chi connectivity index (χ1n) is 5.23. The van der Waals surface area contributed by atoms with E-state index in [1.165, 1.54) is 35.1 Å². The van der Waals surface area contributed by atoms with E-state index in [2.05, 4.69) is 16.9 Å². The number of nitrogens with zero attached hydrogens (tertiary/aromatic N) is 1. The number of nitrogens with one attached hydrogen (secondary N) is 1. The van der Waals surface area contributed by atoms with Gasteiger partial charge in [0.25, 0.3) is 0 Å². The number of hydrogen-bond donors (Lipinski definition) is 1. The molecule has 3 rings (SSSR count). The molecule has 1 atom stereocenters. The van der Waals surface area contributed by atoms with Crippen LogP contribution in [0.5, 0.6) is 0 Å². The average molecular weight is 236 g/mol. The highest BCUT2D eigenvalue weighted by molar-refractivity contribution is 7.71. The Morgan fingerprint density at radius 2 is 2.47 bits per heavy atom. The van der Waals surface area contributed by atoms with Gasteiger partial charge in [-0.05, 0) is 30.7 Å². The molecule has 2 aromatic heterocycles. The standard InChI is InChI=1S/C11H12N2S2/c1-6-2-3-7-8(4-6)15-11-9(7)10(14)12-5-13-11/h5-6H,2-4H2,1H3,(H,12,13,14). The third kappa shape index (κ3) is 1.43. The maximum absolute atomic E-state index is 5.33. The van der Waals surface area contributed by atoms with Gasteiger partial charge in [-0.3, -0.25) is 0 Å². The number of rotatable bonds is 0. The van der Waals surface area contributed by atoms with Crippen molar-refractivity contribution in [2.75, 3.05) is 0 Å². The predicted molar refractivity (Wildman–Crippen MR) is 66.0 cm³/mol. The summed E-state index contributed by atoms with van der Waals surface area (Å²) < 4.78 is 0.854. The molecule has 0 aliphatic heterocycles. The summed E-state index contributed by atoms with van der Waals surface area (Å²) in [5.74, 6) is 0.808. The second-order valence-electron chi connectivity index (χ2n) is 4.26. The Balaban J connectivity index is 2.34. The quantitative estimate of drug-likeness (QED) is 0.709. The molecule has 0 amide bonds. The molecule has 0 spiro atoms. The first kappa shape index (κ1) is 9.48. The van der Waals surface area contributed by atoms with Gasteiger partial charge in [-0.1, -0.05) is 19.1 Å². The third-order valence-corrected chi connectivity index (χ3v) is 4.58. The van der Waals surface area contributed by atoms with Gasteiger partial charge in [-0.25, -0.2) is 4.98 Å². The second-order valence-corrected chi connectivity index (χ2v) is 5.76. The lowest BCUT2D eigenvalue weighted by atomic mass is 9.89. The number of aryl methyl sites for hydroxylation is 1. The van der Waals surface area contributed by atoms with Crippen LogP contribution in [0.15, 0.2) is 6.33 Å². The maximum atomic E-state index is 5.33. The van der Waals surface area contributed by atoms with Crippen LogP contribution in [-0.2, 0) is 12.8 Å². The van der Waals surface area contributed by atoms with Crippen LogP contribution in [0.1, 0.15) is 23.8 Å². The number of fused-ring (bicyclic) bond motifs is 3. The summed E-state index contributed by atoms with van der Waals surface area (Å²) in [4.78, 5) is 10.0. The minimum Gasteiger partial charge on any atom is -0.337 e. The zero-order valence-corrected chi connectivity index (χ0v) is 10.2. The van der Waals surface area contributed by atoms with Crippen molar-refractivity contribution in [2.24, 2.45) is 5.92 Å². The molecule has 1 unspecified atom stereocenters. The van der Waals surface area contributed by atoms with Crippen LogP contribution in [0.3, 0.4) is 0 Å². The van der Waals surface area contributed by atoms with Crippen LogP contribution >= 0.6 is 23.6 Å². The summed E-state index contributed by atoms with van der Waals surface area (Å²) in [5.41, 5.74) is 1.46. The van der Waals surface area contributed by atoms with E-state index in [1.54, 1.807) is 6.33 Å². The second kappa shape index (κ2) is 3.39. The molecule has 0 fully saturated rings. The zero-order chi connectivity index (χ0) is 10.4. The van der Waals surface area contributed by atoms with Gasteiger partial charge < -0.3 is 4.98 Å². The first-order valence-corrected chi connectivity index (χ1v) is 6.46. The van der Waals surface area contributed by atoms with Crippen molar-refractivity contribution < 1.29 is 0 Å². The van der Waals surface area contributed by atoms with E-state index in [9.17, 15) is 0 Å². The maximum Gasteiger partial charge on any atom is 0.128 e. The molecular weight excluding hydrogens is 224 g/mol. The van der Waals surface area contributed by atoms with Crippen molar-refractivity contribution in [3.63, 3.8) is 0 Å². The molecule has 0 saturated carbocycles. The van der Waals surface area contributed by atoms with Crippen molar-refractivity contribution in [3.05, 3.63) is 21.4 Å². The fourth-order valence-electron chi connectivity index (χ4n) is 2.28. The molecule has 0 aromatic carbocycles. The first-order chi connectivity index (χ1) is 7.25. The van der Waals surface area contributed by atoms with E-state index in [1.807, 2.05) is 11.3 Å².